The van der Waals surface area contributed by atoms with Crippen LogP contribution in [0.15, 0.2) is 81.5 Å². The molecule has 0 spiro atoms. The third-order valence-corrected chi connectivity index (χ3v) is 6.24. The molecule has 0 N–H and O–H groups in total. The molecular formula is C19H15N3O5S2. The summed E-state index contributed by atoms with van der Waals surface area (Å²) >= 11 is 0.920. The molecule has 0 bridgehead atoms. The van der Waals surface area contributed by atoms with Gasteiger partial charge in [0.25, 0.3) is 21.6 Å². The van der Waals surface area contributed by atoms with Crippen LogP contribution in [0.3, 0.4) is 0 Å². The van der Waals surface area contributed by atoms with Gasteiger partial charge in [-0.15, -0.1) is 11.0 Å². The van der Waals surface area contributed by atoms with Crippen molar-refractivity contribution in [3.8, 4) is 0 Å². The second-order valence-electron chi connectivity index (χ2n) is 5.83. The number of non-ortho nitro benzene ring substituents is 1. The first-order valence-corrected chi connectivity index (χ1v) is 10.5. The number of nitrogens with zero attached hydrogens (tertiary/aromatic N) is 3. The standard InChI is InChI=1S/C19H15N3O5S2/c1-2-12-21-18(23)17(13-14-8-10-15(11-9-14)22(24)25)28-19(21)20-29(26,27)16-6-4-3-5-7-16/h2-11,13H,1,12H2/b17-13-,20-19+. The molecule has 10 heteroatoms. The van der Waals surface area contributed by atoms with E-state index in [0.717, 1.165) is 11.8 Å². The summed E-state index contributed by atoms with van der Waals surface area (Å²) in [7, 11) is -3.99. The normalized spacial score (nSPS) is 17.1. The van der Waals surface area contributed by atoms with Crippen LogP contribution in [0.1, 0.15) is 5.56 Å². The molecule has 1 amide bonds. The van der Waals surface area contributed by atoms with Gasteiger partial charge >= 0.3 is 0 Å². The van der Waals surface area contributed by atoms with Gasteiger partial charge in [-0.05, 0) is 47.7 Å². The topological polar surface area (TPSA) is 110 Å². The van der Waals surface area contributed by atoms with Crippen molar-refractivity contribution < 1.29 is 18.1 Å². The molecule has 2 aromatic carbocycles. The van der Waals surface area contributed by atoms with Crippen LogP contribution in [0.4, 0.5) is 5.69 Å². The van der Waals surface area contributed by atoms with Crippen LogP contribution in [0.25, 0.3) is 6.08 Å². The number of carbonyl (C=O) groups excluding carboxylic acids is 1. The van der Waals surface area contributed by atoms with E-state index in [4.69, 9.17) is 0 Å². The molecule has 1 aliphatic heterocycles. The molecule has 0 aromatic heterocycles. The van der Waals surface area contributed by atoms with Gasteiger partial charge < -0.3 is 0 Å². The number of hydrogen-bond acceptors (Lipinski definition) is 6. The minimum atomic E-state index is -3.99. The highest BCUT2D eigenvalue weighted by Gasteiger charge is 2.34. The van der Waals surface area contributed by atoms with Gasteiger partial charge in [-0.3, -0.25) is 19.8 Å². The zero-order valence-corrected chi connectivity index (χ0v) is 16.6. The van der Waals surface area contributed by atoms with Crippen molar-refractivity contribution in [1.29, 1.82) is 0 Å². The largest absolute Gasteiger partial charge is 0.284 e. The van der Waals surface area contributed by atoms with Crippen molar-refractivity contribution in [2.45, 2.75) is 4.90 Å². The molecule has 0 saturated carbocycles. The highest BCUT2D eigenvalue weighted by Crippen LogP contribution is 2.33. The SMILES string of the molecule is C=CCN1C(=O)/C(=C/c2ccc([N+](=O)[O-])cc2)S/C1=N/S(=O)(=O)c1ccccc1. The lowest BCUT2D eigenvalue weighted by molar-refractivity contribution is -0.384. The van der Waals surface area contributed by atoms with Gasteiger partial charge in [-0.25, -0.2) is 0 Å². The van der Waals surface area contributed by atoms with E-state index in [1.54, 1.807) is 18.2 Å². The molecule has 0 radical (unpaired) electrons. The fourth-order valence-electron chi connectivity index (χ4n) is 2.46. The van der Waals surface area contributed by atoms with Crippen LogP contribution >= 0.6 is 11.8 Å². The van der Waals surface area contributed by atoms with Crippen LogP contribution in [0.5, 0.6) is 0 Å². The Morgan fingerprint density at radius 2 is 1.79 bits per heavy atom. The Balaban J connectivity index is 1.96. The Bertz CT molecular complexity index is 1120. The fraction of sp³-hybridized carbons (Fsp3) is 0.0526. The van der Waals surface area contributed by atoms with Gasteiger partial charge in [-0.1, -0.05) is 24.3 Å². The molecule has 8 nitrogen and oxygen atoms in total. The van der Waals surface area contributed by atoms with Gasteiger partial charge in [0.05, 0.1) is 14.7 Å². The average Bonchev–Trinajstić information content (AvgIpc) is 2.97. The number of rotatable bonds is 6. The number of carbonyl (C=O) groups is 1. The van der Waals surface area contributed by atoms with E-state index in [-0.39, 0.29) is 27.2 Å². The third kappa shape index (κ3) is 4.61. The number of nitro benzene ring substituents is 1. The van der Waals surface area contributed by atoms with Crippen LogP contribution in [0, 0.1) is 10.1 Å². The molecular weight excluding hydrogens is 414 g/mol. The monoisotopic (exact) mass is 429 g/mol. The Kier molecular flexibility index (Phi) is 5.95. The zero-order valence-electron chi connectivity index (χ0n) is 15.0. The molecule has 29 heavy (non-hydrogen) atoms. The van der Waals surface area contributed by atoms with Crippen molar-refractivity contribution >= 4 is 44.6 Å². The highest BCUT2D eigenvalue weighted by atomic mass is 32.2. The number of hydrogen-bond donors (Lipinski definition) is 0. The van der Waals surface area contributed by atoms with Crippen LogP contribution in [0.2, 0.25) is 0 Å². The van der Waals surface area contributed by atoms with Crippen LogP contribution in [-0.2, 0) is 14.8 Å². The molecule has 2 aromatic rings. The van der Waals surface area contributed by atoms with E-state index in [0.29, 0.717) is 5.56 Å². The first-order chi connectivity index (χ1) is 13.8. The van der Waals surface area contributed by atoms with Crippen LogP contribution in [-0.4, -0.2) is 35.9 Å². The second kappa shape index (κ2) is 8.41. The maximum Gasteiger partial charge on any atom is 0.284 e. The van der Waals surface area contributed by atoms with Crippen molar-refractivity contribution in [3.63, 3.8) is 0 Å². The van der Waals surface area contributed by atoms with E-state index >= 15 is 0 Å². The van der Waals surface area contributed by atoms with Gasteiger partial charge in [0.2, 0.25) is 0 Å². The Hall–Kier alpha value is -3.24. The van der Waals surface area contributed by atoms with Crippen molar-refractivity contribution in [2.24, 2.45) is 4.40 Å². The maximum atomic E-state index is 12.7. The number of thioether (sulfide) groups is 1. The van der Waals surface area contributed by atoms with Crippen molar-refractivity contribution in [3.05, 3.63) is 87.8 Å². The smallest absolute Gasteiger partial charge is 0.282 e. The minimum Gasteiger partial charge on any atom is -0.282 e. The summed E-state index contributed by atoms with van der Waals surface area (Å²) < 4.78 is 29.0. The molecule has 0 aliphatic carbocycles. The predicted molar refractivity (Wildman–Crippen MR) is 112 cm³/mol. The van der Waals surface area contributed by atoms with E-state index in [1.165, 1.54) is 53.5 Å². The average molecular weight is 429 g/mol. The number of benzene rings is 2. The Morgan fingerprint density at radius 3 is 2.38 bits per heavy atom. The van der Waals surface area contributed by atoms with Gasteiger partial charge in [0, 0.05) is 18.7 Å². The molecule has 1 fully saturated rings. The maximum absolute atomic E-state index is 12.7. The quantitative estimate of drug-likeness (QED) is 0.301. The molecule has 1 aliphatic rings. The third-order valence-electron chi connectivity index (χ3n) is 3.84. The van der Waals surface area contributed by atoms with Crippen molar-refractivity contribution in [2.75, 3.05) is 6.54 Å². The lowest BCUT2D eigenvalue weighted by Crippen LogP contribution is -2.29. The van der Waals surface area contributed by atoms with Gasteiger partial charge in [0.1, 0.15) is 0 Å². The number of nitro groups is 1. The fourth-order valence-corrected chi connectivity index (χ4v) is 4.67. The lowest BCUT2D eigenvalue weighted by Gasteiger charge is -2.12. The Labute approximate surface area is 171 Å². The second-order valence-corrected chi connectivity index (χ2v) is 8.44. The first-order valence-electron chi connectivity index (χ1n) is 8.28. The Morgan fingerprint density at radius 1 is 1.14 bits per heavy atom. The zero-order chi connectivity index (χ0) is 21.0. The number of sulfonamides is 1. The van der Waals surface area contributed by atoms with E-state index < -0.39 is 20.9 Å². The highest BCUT2D eigenvalue weighted by molar-refractivity contribution is 8.19. The lowest BCUT2D eigenvalue weighted by atomic mass is 10.2. The van der Waals surface area contributed by atoms with Gasteiger partial charge in [0.15, 0.2) is 5.17 Å². The summed E-state index contributed by atoms with van der Waals surface area (Å²) in [5.41, 5.74) is 0.499. The van der Waals surface area contributed by atoms with E-state index in [9.17, 15) is 23.3 Å². The summed E-state index contributed by atoms with van der Waals surface area (Å²) in [5.74, 6) is -0.421. The first kappa shape index (κ1) is 20.5. The van der Waals surface area contributed by atoms with Gasteiger partial charge in [-0.2, -0.15) is 8.42 Å². The molecule has 0 atom stereocenters. The van der Waals surface area contributed by atoms with Crippen LogP contribution < -0.4 is 0 Å². The number of amides is 1. The molecule has 1 heterocycles. The summed E-state index contributed by atoms with van der Waals surface area (Å²) in [4.78, 5) is 24.4. The molecule has 0 unspecified atom stereocenters. The summed E-state index contributed by atoms with van der Waals surface area (Å²) in [6.07, 6.45) is 3.00. The minimum absolute atomic E-state index is 0.0203. The van der Waals surface area contributed by atoms with E-state index in [2.05, 4.69) is 11.0 Å². The van der Waals surface area contributed by atoms with Crippen molar-refractivity contribution in [1.82, 2.24) is 4.90 Å². The molecule has 148 valence electrons. The number of amidine groups is 1. The summed E-state index contributed by atoms with van der Waals surface area (Å²) in [5, 5.41) is 10.8. The molecule has 1 saturated heterocycles. The predicted octanol–water partition coefficient (Wildman–Crippen LogP) is 3.44. The van der Waals surface area contributed by atoms with E-state index in [1.807, 2.05) is 0 Å². The summed E-state index contributed by atoms with van der Waals surface area (Å²) in [6, 6.07) is 13.4. The summed E-state index contributed by atoms with van der Waals surface area (Å²) in [6.45, 7) is 3.68. The molecule has 3 rings (SSSR count).